The summed E-state index contributed by atoms with van der Waals surface area (Å²) < 4.78 is 0. The van der Waals surface area contributed by atoms with E-state index >= 15 is 0 Å². The first-order valence-electron chi connectivity index (χ1n) is 8.56. The van der Waals surface area contributed by atoms with Gasteiger partial charge in [-0.05, 0) is 19.3 Å². The van der Waals surface area contributed by atoms with Crippen molar-refractivity contribution in [2.24, 2.45) is 5.92 Å². The van der Waals surface area contributed by atoms with E-state index in [0.29, 0.717) is 12.8 Å². The summed E-state index contributed by atoms with van der Waals surface area (Å²) in [6.07, 6.45) is 10.5. The smallest absolute Gasteiger partial charge is 0.247 e. The molecule has 124 valence electrons. The zero-order valence-electron chi connectivity index (χ0n) is 14.0. The topological polar surface area (TPSA) is 52.6 Å². The lowest BCUT2D eigenvalue weighted by Crippen LogP contribution is -2.19. The second-order valence-corrected chi connectivity index (χ2v) is 5.62. The molecule has 0 aliphatic heterocycles. The van der Waals surface area contributed by atoms with Crippen molar-refractivity contribution in [3.8, 4) is 0 Å². The number of carbonyl (C=O) groups is 2. The van der Waals surface area contributed by atoms with Crippen LogP contribution in [0.2, 0.25) is 0 Å². The second kappa shape index (κ2) is 13.9. The Morgan fingerprint density at radius 2 is 1.43 bits per heavy atom. The van der Waals surface area contributed by atoms with Crippen LogP contribution in [0.25, 0.3) is 0 Å². The van der Waals surface area contributed by atoms with Gasteiger partial charge >= 0.3 is 11.9 Å². The zero-order chi connectivity index (χ0) is 15.9. The fraction of sp³-hybridized carbons (Fsp3) is 0.882. The molecular formula is C17H32O4. The largest absolute Gasteiger partial charge is 0.358 e. The first-order chi connectivity index (χ1) is 10.2. The Labute approximate surface area is 129 Å². The van der Waals surface area contributed by atoms with E-state index in [1.807, 2.05) is 6.92 Å². The summed E-state index contributed by atoms with van der Waals surface area (Å²) in [5.74, 6) is -1.02. The lowest BCUT2D eigenvalue weighted by atomic mass is 10.00. The number of hydrogen-bond acceptors (Lipinski definition) is 4. The van der Waals surface area contributed by atoms with Crippen LogP contribution in [0.1, 0.15) is 91.4 Å². The van der Waals surface area contributed by atoms with Gasteiger partial charge in [0.2, 0.25) is 0 Å². The quantitative estimate of drug-likeness (QED) is 0.290. The molecule has 0 spiro atoms. The van der Waals surface area contributed by atoms with Gasteiger partial charge in [-0.1, -0.05) is 65.7 Å². The van der Waals surface area contributed by atoms with Crippen LogP contribution in [0.5, 0.6) is 0 Å². The summed E-state index contributed by atoms with van der Waals surface area (Å²) in [4.78, 5) is 32.5. The van der Waals surface area contributed by atoms with E-state index in [4.69, 9.17) is 0 Å². The molecule has 0 fully saturated rings. The maximum absolute atomic E-state index is 11.7. The average Bonchev–Trinajstić information content (AvgIpc) is 2.49. The summed E-state index contributed by atoms with van der Waals surface area (Å²) >= 11 is 0. The molecule has 0 aliphatic carbocycles. The molecule has 0 heterocycles. The van der Waals surface area contributed by atoms with Crippen molar-refractivity contribution >= 4 is 11.9 Å². The van der Waals surface area contributed by atoms with Crippen LogP contribution < -0.4 is 0 Å². The van der Waals surface area contributed by atoms with E-state index in [1.165, 1.54) is 19.3 Å². The molecule has 21 heavy (non-hydrogen) atoms. The molecule has 0 aromatic carbocycles. The summed E-state index contributed by atoms with van der Waals surface area (Å²) in [7, 11) is 0. The summed E-state index contributed by atoms with van der Waals surface area (Å²) in [5.41, 5.74) is 0. The first-order valence-corrected chi connectivity index (χ1v) is 8.56. The lowest BCUT2D eigenvalue weighted by Gasteiger charge is -2.11. The van der Waals surface area contributed by atoms with Gasteiger partial charge < -0.3 is 0 Å². The van der Waals surface area contributed by atoms with Crippen molar-refractivity contribution in [3.63, 3.8) is 0 Å². The van der Waals surface area contributed by atoms with Crippen LogP contribution >= 0.6 is 0 Å². The minimum absolute atomic E-state index is 0.160. The molecule has 0 saturated heterocycles. The van der Waals surface area contributed by atoms with Crippen molar-refractivity contribution in [2.45, 2.75) is 91.4 Å². The second-order valence-electron chi connectivity index (χ2n) is 5.62. The standard InChI is InChI=1S/C17H32O4/c1-4-7-9-10-11-12-14-16(18)20-21-17(19)15(6-3)13-8-5-2/h15H,4-14H2,1-3H3. The summed E-state index contributed by atoms with van der Waals surface area (Å²) in [6, 6.07) is 0. The molecule has 0 aromatic rings. The van der Waals surface area contributed by atoms with E-state index in [2.05, 4.69) is 23.6 Å². The van der Waals surface area contributed by atoms with Crippen LogP contribution in [-0.2, 0) is 19.4 Å². The molecule has 1 unspecified atom stereocenters. The molecule has 0 radical (unpaired) electrons. The Balaban J connectivity index is 3.68. The third-order valence-electron chi connectivity index (χ3n) is 3.68. The molecule has 4 nitrogen and oxygen atoms in total. The Bertz CT molecular complexity index is 276. The number of unbranched alkanes of at least 4 members (excludes halogenated alkanes) is 6. The zero-order valence-corrected chi connectivity index (χ0v) is 14.0. The highest BCUT2D eigenvalue weighted by Gasteiger charge is 2.20. The molecule has 0 amide bonds. The van der Waals surface area contributed by atoms with E-state index in [9.17, 15) is 9.59 Å². The van der Waals surface area contributed by atoms with Crippen LogP contribution in [-0.4, -0.2) is 11.9 Å². The van der Waals surface area contributed by atoms with Gasteiger partial charge in [0, 0.05) is 0 Å². The van der Waals surface area contributed by atoms with Crippen LogP contribution in [0.4, 0.5) is 0 Å². The lowest BCUT2D eigenvalue weighted by molar-refractivity contribution is -0.262. The van der Waals surface area contributed by atoms with Gasteiger partial charge in [-0.15, -0.1) is 0 Å². The minimum Gasteiger partial charge on any atom is -0.247 e. The predicted octanol–water partition coefficient (Wildman–Crippen LogP) is 4.95. The normalized spacial score (nSPS) is 12.0. The van der Waals surface area contributed by atoms with Gasteiger partial charge in [0.15, 0.2) is 0 Å². The molecule has 0 aliphatic rings. The SMILES string of the molecule is CCCCCCCCC(=O)OOC(=O)C(CC)CCCC. The van der Waals surface area contributed by atoms with Gasteiger partial charge in [-0.2, -0.15) is 0 Å². The molecule has 0 rings (SSSR count). The third-order valence-corrected chi connectivity index (χ3v) is 3.68. The molecule has 4 heteroatoms. The van der Waals surface area contributed by atoms with Crippen LogP contribution in [0.3, 0.4) is 0 Å². The molecule has 1 atom stereocenters. The van der Waals surface area contributed by atoms with Gasteiger partial charge in [-0.25, -0.2) is 19.4 Å². The fourth-order valence-electron chi connectivity index (χ4n) is 2.19. The van der Waals surface area contributed by atoms with Gasteiger partial charge in [0.05, 0.1) is 12.3 Å². The van der Waals surface area contributed by atoms with Gasteiger partial charge in [0.1, 0.15) is 0 Å². The highest BCUT2D eigenvalue weighted by molar-refractivity contribution is 5.74. The average molecular weight is 300 g/mol. The van der Waals surface area contributed by atoms with Gasteiger partial charge in [0.25, 0.3) is 0 Å². The summed E-state index contributed by atoms with van der Waals surface area (Å²) in [6.45, 7) is 6.20. The Hall–Kier alpha value is -1.06. The van der Waals surface area contributed by atoms with E-state index in [1.54, 1.807) is 0 Å². The van der Waals surface area contributed by atoms with Gasteiger partial charge in [-0.3, -0.25) is 0 Å². The Morgan fingerprint density at radius 1 is 0.810 bits per heavy atom. The Kier molecular flexibility index (Phi) is 13.2. The maximum Gasteiger partial charge on any atom is 0.358 e. The molecule has 0 bridgehead atoms. The molecule has 0 aromatic heterocycles. The highest BCUT2D eigenvalue weighted by Crippen LogP contribution is 2.15. The minimum atomic E-state index is -0.441. The van der Waals surface area contributed by atoms with Crippen molar-refractivity contribution in [3.05, 3.63) is 0 Å². The number of rotatable bonds is 12. The molecule has 0 saturated carbocycles. The highest BCUT2D eigenvalue weighted by atomic mass is 17.2. The van der Waals surface area contributed by atoms with E-state index in [-0.39, 0.29) is 5.92 Å². The number of carbonyl (C=O) groups excluding carboxylic acids is 2. The molecular weight excluding hydrogens is 268 g/mol. The molecule has 0 N–H and O–H groups in total. The van der Waals surface area contributed by atoms with Crippen molar-refractivity contribution in [1.29, 1.82) is 0 Å². The van der Waals surface area contributed by atoms with E-state index < -0.39 is 11.9 Å². The van der Waals surface area contributed by atoms with E-state index in [0.717, 1.165) is 38.5 Å². The first kappa shape index (κ1) is 19.9. The third kappa shape index (κ3) is 11.3. The van der Waals surface area contributed by atoms with Crippen molar-refractivity contribution in [1.82, 2.24) is 0 Å². The monoisotopic (exact) mass is 300 g/mol. The fourth-order valence-corrected chi connectivity index (χ4v) is 2.19. The predicted molar refractivity (Wildman–Crippen MR) is 83.5 cm³/mol. The van der Waals surface area contributed by atoms with Crippen LogP contribution in [0.15, 0.2) is 0 Å². The summed E-state index contributed by atoms with van der Waals surface area (Å²) in [5, 5.41) is 0. The van der Waals surface area contributed by atoms with Crippen molar-refractivity contribution in [2.75, 3.05) is 0 Å². The number of hydrogen-bond donors (Lipinski definition) is 0. The van der Waals surface area contributed by atoms with Crippen LogP contribution in [0, 0.1) is 5.92 Å². The maximum atomic E-state index is 11.7. The Morgan fingerprint density at radius 3 is 2.05 bits per heavy atom. The van der Waals surface area contributed by atoms with Crippen molar-refractivity contribution < 1.29 is 19.4 Å².